The Bertz CT molecular complexity index is 1380. The molecule has 2 aromatic carbocycles. The molecule has 2 N–H and O–H groups in total. The molecule has 4 rings (SSSR count). The van der Waals surface area contributed by atoms with E-state index in [-0.39, 0.29) is 12.1 Å². The second kappa shape index (κ2) is 9.93. The first kappa shape index (κ1) is 25.7. The van der Waals surface area contributed by atoms with Crippen LogP contribution in [0.3, 0.4) is 0 Å². The van der Waals surface area contributed by atoms with Crippen LogP contribution in [0.15, 0.2) is 42.5 Å². The number of fused-ring (bicyclic) bond motifs is 1. The van der Waals surface area contributed by atoms with E-state index < -0.39 is 15.6 Å². The molecule has 1 amide bonds. The number of ether oxygens (including phenoxy) is 1. The first-order chi connectivity index (χ1) is 16.9. The van der Waals surface area contributed by atoms with Crippen molar-refractivity contribution in [2.45, 2.75) is 52.2 Å². The number of nitrogens with zero attached hydrogens (tertiary/aromatic N) is 3. The van der Waals surface area contributed by atoms with Crippen LogP contribution in [0, 0.1) is 6.92 Å². The van der Waals surface area contributed by atoms with E-state index in [4.69, 9.17) is 4.74 Å². The van der Waals surface area contributed by atoms with Gasteiger partial charge in [-0.2, -0.15) is 0 Å². The van der Waals surface area contributed by atoms with E-state index in [1.54, 1.807) is 11.0 Å². The first-order valence-electron chi connectivity index (χ1n) is 12.0. The molecule has 3 aromatic rings. The molecule has 1 aliphatic heterocycles. The summed E-state index contributed by atoms with van der Waals surface area (Å²) in [6.45, 7) is 8.64. The number of nitrogens with one attached hydrogen (secondary N) is 2. The maximum atomic E-state index is 12.6. The number of carbonyl (C=O) groups is 1. The average molecular weight is 512 g/mol. The average Bonchev–Trinajstić information content (AvgIpc) is 2.78. The van der Waals surface area contributed by atoms with Crippen molar-refractivity contribution in [3.05, 3.63) is 48.0 Å². The van der Waals surface area contributed by atoms with Crippen molar-refractivity contribution in [1.82, 2.24) is 15.1 Å². The highest BCUT2D eigenvalue weighted by Gasteiger charge is 2.28. The highest BCUT2D eigenvalue weighted by Crippen LogP contribution is 2.35. The van der Waals surface area contributed by atoms with Gasteiger partial charge in [0.2, 0.25) is 10.0 Å². The fourth-order valence-corrected chi connectivity index (χ4v) is 4.91. The number of sulfonamides is 1. The van der Waals surface area contributed by atoms with E-state index >= 15 is 0 Å². The molecule has 0 bridgehead atoms. The fourth-order valence-electron chi connectivity index (χ4n) is 4.34. The minimum absolute atomic E-state index is 0.00309. The summed E-state index contributed by atoms with van der Waals surface area (Å²) in [5, 5.41) is 14.2. The van der Waals surface area contributed by atoms with E-state index in [1.807, 2.05) is 64.1 Å². The van der Waals surface area contributed by atoms with Gasteiger partial charge < -0.3 is 15.0 Å². The predicted molar refractivity (Wildman–Crippen MR) is 143 cm³/mol. The number of amides is 1. The van der Waals surface area contributed by atoms with Crippen LogP contribution in [-0.4, -0.2) is 60.6 Å². The third kappa shape index (κ3) is 6.23. The predicted octanol–water partition coefficient (Wildman–Crippen LogP) is 4.79. The summed E-state index contributed by atoms with van der Waals surface area (Å²) in [7, 11) is -3.48. The highest BCUT2D eigenvalue weighted by atomic mass is 32.2. The van der Waals surface area contributed by atoms with Crippen LogP contribution in [-0.2, 0) is 14.8 Å². The molecule has 0 unspecified atom stereocenters. The van der Waals surface area contributed by atoms with Gasteiger partial charge >= 0.3 is 6.09 Å². The van der Waals surface area contributed by atoms with E-state index in [0.29, 0.717) is 35.9 Å². The Morgan fingerprint density at radius 3 is 2.53 bits per heavy atom. The molecule has 2 heterocycles. The zero-order chi connectivity index (χ0) is 26.1. The molecule has 36 heavy (non-hydrogen) atoms. The monoisotopic (exact) mass is 511 g/mol. The molecule has 1 aliphatic rings. The minimum Gasteiger partial charge on any atom is -0.444 e. The third-order valence-corrected chi connectivity index (χ3v) is 6.42. The van der Waals surface area contributed by atoms with Crippen LogP contribution in [0.1, 0.15) is 39.2 Å². The summed E-state index contributed by atoms with van der Waals surface area (Å²) >= 11 is 0. The molecule has 0 aliphatic carbocycles. The zero-order valence-corrected chi connectivity index (χ0v) is 22.1. The van der Waals surface area contributed by atoms with E-state index in [1.165, 1.54) is 0 Å². The smallest absolute Gasteiger partial charge is 0.410 e. The number of hydrogen-bond donors (Lipinski definition) is 2. The SMILES string of the molecule is Cc1ccc(-c2nnc(N[C@@H]3CCCN(C(=O)OC(C)(C)C)C3)c3ccccc23)c(NS(C)(=O)=O)c1. The van der Waals surface area contributed by atoms with Gasteiger partial charge in [-0.25, -0.2) is 13.2 Å². The maximum absolute atomic E-state index is 12.6. The number of aromatic nitrogens is 2. The lowest BCUT2D eigenvalue weighted by molar-refractivity contribution is 0.0206. The van der Waals surface area contributed by atoms with Crippen molar-refractivity contribution in [1.29, 1.82) is 0 Å². The number of piperidine rings is 1. The number of rotatable bonds is 5. The van der Waals surface area contributed by atoms with Gasteiger partial charge in [-0.15, -0.1) is 10.2 Å². The lowest BCUT2D eigenvalue weighted by Crippen LogP contribution is -2.47. The number of hydrogen-bond acceptors (Lipinski definition) is 7. The van der Waals surface area contributed by atoms with Crippen LogP contribution in [0.4, 0.5) is 16.3 Å². The number of carbonyl (C=O) groups excluding carboxylic acids is 1. The molecule has 1 atom stereocenters. The Labute approximate surface area is 212 Å². The summed E-state index contributed by atoms with van der Waals surface area (Å²) in [5.74, 6) is 0.620. The van der Waals surface area contributed by atoms with E-state index in [0.717, 1.165) is 35.4 Å². The molecule has 192 valence electrons. The van der Waals surface area contributed by atoms with Gasteiger partial charge in [-0.3, -0.25) is 4.72 Å². The maximum Gasteiger partial charge on any atom is 0.410 e. The summed E-state index contributed by atoms with van der Waals surface area (Å²) in [5.41, 5.74) is 2.07. The Morgan fingerprint density at radius 1 is 1.11 bits per heavy atom. The Balaban J connectivity index is 1.65. The molecule has 10 heteroatoms. The van der Waals surface area contributed by atoms with E-state index in [9.17, 15) is 13.2 Å². The summed E-state index contributed by atoms with van der Waals surface area (Å²) in [4.78, 5) is 14.3. The summed E-state index contributed by atoms with van der Waals surface area (Å²) in [6.07, 6.45) is 2.55. The standard InChI is InChI=1S/C26H33N5O4S/c1-17-12-13-21(22(15-17)30-36(5,33)34)23-19-10-6-7-11-20(19)24(29-28-23)27-18-9-8-14-31(16-18)25(32)35-26(2,3)4/h6-7,10-13,15,18,30H,8-9,14,16H2,1-5H3,(H,27,29)/t18-/m1/s1. The van der Waals surface area contributed by atoms with Gasteiger partial charge in [0.1, 0.15) is 11.3 Å². The van der Waals surface area contributed by atoms with Crippen molar-refractivity contribution in [2.24, 2.45) is 0 Å². The van der Waals surface area contributed by atoms with Gasteiger partial charge in [-0.05, 0) is 52.2 Å². The Morgan fingerprint density at radius 2 is 1.83 bits per heavy atom. The second-order valence-electron chi connectivity index (χ2n) is 10.3. The van der Waals surface area contributed by atoms with Crippen molar-refractivity contribution in [3.63, 3.8) is 0 Å². The molecular weight excluding hydrogens is 478 g/mol. The zero-order valence-electron chi connectivity index (χ0n) is 21.3. The summed E-state index contributed by atoms with van der Waals surface area (Å²) < 4.78 is 32.1. The van der Waals surface area contributed by atoms with Gasteiger partial charge in [-0.1, -0.05) is 36.4 Å². The van der Waals surface area contributed by atoms with Gasteiger partial charge in [0.15, 0.2) is 5.82 Å². The van der Waals surface area contributed by atoms with Crippen molar-refractivity contribution in [3.8, 4) is 11.3 Å². The molecule has 0 radical (unpaired) electrons. The summed E-state index contributed by atoms with van der Waals surface area (Å²) in [6, 6.07) is 13.3. The van der Waals surface area contributed by atoms with Gasteiger partial charge in [0.25, 0.3) is 0 Å². The lowest BCUT2D eigenvalue weighted by atomic mass is 10.0. The minimum atomic E-state index is -3.48. The molecule has 0 spiro atoms. The Kier molecular flexibility index (Phi) is 7.08. The molecule has 0 saturated carbocycles. The van der Waals surface area contributed by atoms with E-state index in [2.05, 4.69) is 20.2 Å². The molecule has 9 nitrogen and oxygen atoms in total. The first-order valence-corrected chi connectivity index (χ1v) is 13.9. The Hall–Kier alpha value is -3.40. The van der Waals surface area contributed by atoms with Crippen LogP contribution < -0.4 is 10.0 Å². The molecule has 1 fully saturated rings. The molecule has 1 saturated heterocycles. The van der Waals surface area contributed by atoms with Crippen LogP contribution in [0.2, 0.25) is 0 Å². The second-order valence-corrected chi connectivity index (χ2v) is 12.0. The third-order valence-electron chi connectivity index (χ3n) is 5.83. The van der Waals surface area contributed by atoms with Crippen LogP contribution in [0.5, 0.6) is 0 Å². The number of likely N-dealkylation sites (tertiary alicyclic amines) is 1. The topological polar surface area (TPSA) is 114 Å². The molecule has 1 aromatic heterocycles. The largest absolute Gasteiger partial charge is 0.444 e. The molecular formula is C26H33N5O4S. The van der Waals surface area contributed by atoms with Crippen LogP contribution >= 0.6 is 0 Å². The van der Waals surface area contributed by atoms with Crippen molar-refractivity contribution < 1.29 is 17.9 Å². The normalized spacial score (nSPS) is 16.6. The number of anilines is 2. The van der Waals surface area contributed by atoms with Crippen LogP contribution in [0.25, 0.3) is 22.0 Å². The van der Waals surface area contributed by atoms with Gasteiger partial charge in [0, 0.05) is 35.5 Å². The number of benzene rings is 2. The lowest BCUT2D eigenvalue weighted by Gasteiger charge is -2.34. The fraction of sp³-hybridized carbons (Fsp3) is 0.423. The number of aryl methyl sites for hydroxylation is 1. The van der Waals surface area contributed by atoms with Gasteiger partial charge in [0.05, 0.1) is 11.9 Å². The van der Waals surface area contributed by atoms with Crippen molar-refractivity contribution >= 4 is 38.4 Å². The quantitative estimate of drug-likeness (QED) is 0.506. The van der Waals surface area contributed by atoms with Crippen molar-refractivity contribution in [2.75, 3.05) is 29.4 Å². The highest BCUT2D eigenvalue weighted by molar-refractivity contribution is 7.92.